The van der Waals surface area contributed by atoms with Crippen LogP contribution in [0.2, 0.25) is 0 Å². The molecule has 2 aromatic rings. The zero-order valence-electron chi connectivity index (χ0n) is 13.2. The van der Waals surface area contributed by atoms with Gasteiger partial charge in [0.1, 0.15) is 12.9 Å². The van der Waals surface area contributed by atoms with E-state index in [2.05, 4.69) is 41.0 Å². The van der Waals surface area contributed by atoms with Gasteiger partial charge in [0, 0.05) is 20.6 Å². The number of hydrogen-bond donors (Lipinski definition) is 1. The predicted molar refractivity (Wildman–Crippen MR) is 82.1 cm³/mol. The quantitative estimate of drug-likeness (QED) is 0.911. The number of nitrogens with zero attached hydrogens (tertiary/aromatic N) is 5. The van der Waals surface area contributed by atoms with E-state index in [-0.39, 0.29) is 17.9 Å². The predicted octanol–water partition coefficient (Wildman–Crippen LogP) is 1.05. The maximum atomic E-state index is 12.0. The number of carbonyl (C=O) groups is 1. The van der Waals surface area contributed by atoms with E-state index in [9.17, 15) is 4.79 Å². The van der Waals surface area contributed by atoms with Gasteiger partial charge in [-0.3, -0.25) is 4.79 Å². The van der Waals surface area contributed by atoms with Crippen molar-refractivity contribution in [2.75, 3.05) is 25.5 Å². The summed E-state index contributed by atoms with van der Waals surface area (Å²) in [4.78, 5) is 26.6. The summed E-state index contributed by atoms with van der Waals surface area (Å²) in [6, 6.07) is 0. The average molecular weight is 290 g/mol. The molecule has 21 heavy (non-hydrogen) atoms. The first-order chi connectivity index (χ1) is 9.78. The van der Waals surface area contributed by atoms with Crippen LogP contribution >= 0.6 is 0 Å². The third-order valence-corrected chi connectivity index (χ3v) is 2.94. The molecule has 0 aromatic carbocycles. The summed E-state index contributed by atoms with van der Waals surface area (Å²) in [6.45, 7) is 7.08. The Hall–Kier alpha value is -2.18. The fraction of sp³-hybridized carbons (Fsp3) is 0.571. The van der Waals surface area contributed by atoms with Crippen molar-refractivity contribution < 1.29 is 4.79 Å². The first kappa shape index (κ1) is 15.2. The van der Waals surface area contributed by atoms with Gasteiger partial charge in [0.2, 0.25) is 5.91 Å². The first-order valence-corrected chi connectivity index (χ1v) is 6.88. The standard InChI is InChI=1S/C14H22N6O/c1-14(2,3)7-15-10(21)6-20-9-18-11-12(19(4)5)16-8-17-13(11)20/h8-9H,6-7H2,1-5H3,(H,15,21). The first-order valence-electron chi connectivity index (χ1n) is 6.88. The van der Waals surface area contributed by atoms with Crippen LogP contribution in [0.5, 0.6) is 0 Å². The van der Waals surface area contributed by atoms with Gasteiger partial charge in [0.05, 0.1) is 6.33 Å². The van der Waals surface area contributed by atoms with Crippen molar-refractivity contribution in [3.8, 4) is 0 Å². The molecule has 0 aliphatic carbocycles. The highest BCUT2D eigenvalue weighted by Crippen LogP contribution is 2.19. The number of fused-ring (bicyclic) bond motifs is 1. The van der Waals surface area contributed by atoms with Crippen LogP contribution in [0.15, 0.2) is 12.7 Å². The highest BCUT2D eigenvalue weighted by atomic mass is 16.1. The van der Waals surface area contributed by atoms with Crippen LogP contribution < -0.4 is 10.2 Å². The molecule has 0 radical (unpaired) electrons. The average Bonchev–Trinajstić information content (AvgIpc) is 2.78. The summed E-state index contributed by atoms with van der Waals surface area (Å²) in [7, 11) is 3.80. The van der Waals surface area contributed by atoms with Crippen molar-refractivity contribution in [2.24, 2.45) is 5.41 Å². The minimum Gasteiger partial charge on any atom is -0.361 e. The van der Waals surface area contributed by atoms with Crippen LogP contribution in [0.4, 0.5) is 5.82 Å². The van der Waals surface area contributed by atoms with Gasteiger partial charge in [-0.1, -0.05) is 20.8 Å². The lowest BCUT2D eigenvalue weighted by Gasteiger charge is -2.18. The zero-order valence-corrected chi connectivity index (χ0v) is 13.2. The summed E-state index contributed by atoms with van der Waals surface area (Å²) in [5.41, 5.74) is 1.43. The number of imidazole rings is 1. The van der Waals surface area contributed by atoms with Crippen molar-refractivity contribution in [2.45, 2.75) is 27.3 Å². The highest BCUT2D eigenvalue weighted by molar-refractivity contribution is 5.84. The summed E-state index contributed by atoms with van der Waals surface area (Å²) in [5.74, 6) is 0.697. The van der Waals surface area contributed by atoms with Crippen LogP contribution in [0.25, 0.3) is 11.2 Å². The minimum absolute atomic E-state index is 0.0470. The fourth-order valence-corrected chi connectivity index (χ4v) is 1.89. The fourth-order valence-electron chi connectivity index (χ4n) is 1.89. The van der Waals surface area contributed by atoms with Crippen LogP contribution in [-0.4, -0.2) is 46.1 Å². The molecule has 2 rings (SSSR count). The van der Waals surface area contributed by atoms with Gasteiger partial charge >= 0.3 is 0 Å². The van der Waals surface area contributed by atoms with E-state index >= 15 is 0 Å². The van der Waals surface area contributed by atoms with E-state index in [4.69, 9.17) is 0 Å². The molecule has 1 amide bonds. The monoisotopic (exact) mass is 290 g/mol. The Morgan fingerprint density at radius 3 is 2.62 bits per heavy atom. The normalized spacial score (nSPS) is 11.7. The molecular formula is C14H22N6O. The minimum atomic E-state index is -0.0470. The Balaban J connectivity index is 2.16. The second-order valence-corrected chi connectivity index (χ2v) is 6.47. The lowest BCUT2D eigenvalue weighted by molar-refractivity contribution is -0.122. The Labute approximate surface area is 124 Å². The molecule has 7 heteroatoms. The Bertz CT molecular complexity index is 640. The molecule has 0 fully saturated rings. The number of anilines is 1. The van der Waals surface area contributed by atoms with Crippen molar-refractivity contribution >= 4 is 22.9 Å². The van der Waals surface area contributed by atoms with E-state index in [1.165, 1.54) is 6.33 Å². The zero-order chi connectivity index (χ0) is 15.6. The Kier molecular flexibility index (Phi) is 4.11. The van der Waals surface area contributed by atoms with Crippen molar-refractivity contribution in [1.29, 1.82) is 0 Å². The summed E-state index contributed by atoms with van der Waals surface area (Å²) in [5, 5.41) is 2.92. The molecule has 0 aliphatic rings. The molecule has 1 N–H and O–H groups in total. The third-order valence-electron chi connectivity index (χ3n) is 2.94. The Morgan fingerprint density at radius 2 is 2.00 bits per heavy atom. The molecule has 2 heterocycles. The summed E-state index contributed by atoms with van der Waals surface area (Å²) < 4.78 is 1.74. The lowest BCUT2D eigenvalue weighted by Crippen LogP contribution is -2.34. The maximum absolute atomic E-state index is 12.0. The number of hydrogen-bond acceptors (Lipinski definition) is 5. The van der Waals surface area contributed by atoms with Crippen molar-refractivity contribution in [1.82, 2.24) is 24.8 Å². The number of rotatable bonds is 4. The molecular weight excluding hydrogens is 268 g/mol. The summed E-state index contributed by atoms with van der Waals surface area (Å²) in [6.07, 6.45) is 3.12. The van der Waals surface area contributed by atoms with E-state index in [0.717, 1.165) is 5.82 Å². The molecule has 0 saturated carbocycles. The molecule has 0 saturated heterocycles. The van der Waals surface area contributed by atoms with Gasteiger partial charge in [0.25, 0.3) is 0 Å². The molecule has 7 nitrogen and oxygen atoms in total. The smallest absolute Gasteiger partial charge is 0.240 e. The van der Waals surface area contributed by atoms with Crippen LogP contribution in [0.1, 0.15) is 20.8 Å². The molecule has 0 aliphatic heterocycles. The van der Waals surface area contributed by atoms with Crippen LogP contribution in [0, 0.1) is 5.41 Å². The SMILES string of the molecule is CN(C)c1ncnc2c1ncn2CC(=O)NCC(C)(C)C. The molecule has 0 bridgehead atoms. The van der Waals surface area contributed by atoms with Crippen molar-refractivity contribution in [3.05, 3.63) is 12.7 Å². The van der Waals surface area contributed by atoms with E-state index in [0.29, 0.717) is 17.7 Å². The second-order valence-electron chi connectivity index (χ2n) is 6.47. The van der Waals surface area contributed by atoms with Gasteiger partial charge in [0.15, 0.2) is 17.0 Å². The number of aromatic nitrogens is 4. The van der Waals surface area contributed by atoms with Gasteiger partial charge in [-0.15, -0.1) is 0 Å². The van der Waals surface area contributed by atoms with Crippen LogP contribution in [0.3, 0.4) is 0 Å². The molecule has 0 spiro atoms. The Morgan fingerprint density at radius 1 is 1.29 bits per heavy atom. The number of carbonyl (C=O) groups excluding carboxylic acids is 1. The third kappa shape index (κ3) is 3.68. The molecule has 2 aromatic heterocycles. The number of nitrogens with one attached hydrogen (secondary N) is 1. The van der Waals surface area contributed by atoms with E-state index in [1.807, 2.05) is 19.0 Å². The van der Waals surface area contributed by atoms with E-state index < -0.39 is 0 Å². The van der Waals surface area contributed by atoms with Gasteiger partial charge in [-0.05, 0) is 5.41 Å². The second kappa shape index (κ2) is 5.67. The maximum Gasteiger partial charge on any atom is 0.240 e. The lowest BCUT2D eigenvalue weighted by atomic mass is 9.97. The topological polar surface area (TPSA) is 75.9 Å². The van der Waals surface area contributed by atoms with Crippen LogP contribution in [-0.2, 0) is 11.3 Å². The molecule has 0 unspecified atom stereocenters. The van der Waals surface area contributed by atoms with Gasteiger partial charge in [-0.2, -0.15) is 0 Å². The molecule has 0 atom stereocenters. The largest absolute Gasteiger partial charge is 0.361 e. The molecule has 114 valence electrons. The number of amides is 1. The van der Waals surface area contributed by atoms with Crippen molar-refractivity contribution in [3.63, 3.8) is 0 Å². The van der Waals surface area contributed by atoms with Gasteiger partial charge in [-0.25, -0.2) is 15.0 Å². The van der Waals surface area contributed by atoms with E-state index in [1.54, 1.807) is 10.9 Å². The summed E-state index contributed by atoms with van der Waals surface area (Å²) >= 11 is 0. The van der Waals surface area contributed by atoms with Gasteiger partial charge < -0.3 is 14.8 Å². The highest BCUT2D eigenvalue weighted by Gasteiger charge is 2.15.